The average molecular weight is 214 g/mol. The maximum absolute atomic E-state index is 12.9. The molecule has 0 fully saturated rings. The fourth-order valence-electron chi connectivity index (χ4n) is 1.18. The highest BCUT2D eigenvalue weighted by Crippen LogP contribution is 2.27. The molecule has 4 heteroatoms. The van der Waals surface area contributed by atoms with Gasteiger partial charge in [-0.15, -0.1) is 11.8 Å². The van der Waals surface area contributed by atoms with Crippen LogP contribution in [0.25, 0.3) is 0 Å². The highest BCUT2D eigenvalue weighted by molar-refractivity contribution is 7.98. The van der Waals surface area contributed by atoms with Crippen LogP contribution in [0.4, 0.5) is 4.39 Å². The zero-order chi connectivity index (χ0) is 10.7. The van der Waals surface area contributed by atoms with Gasteiger partial charge < -0.3 is 5.11 Å². The van der Waals surface area contributed by atoms with Crippen LogP contribution < -0.4 is 0 Å². The number of benzene rings is 1. The third-order valence-corrected chi connectivity index (χ3v) is 2.84. The van der Waals surface area contributed by atoms with E-state index in [2.05, 4.69) is 0 Å². The van der Waals surface area contributed by atoms with Gasteiger partial charge in [0.15, 0.2) is 0 Å². The van der Waals surface area contributed by atoms with Crippen LogP contribution >= 0.6 is 11.8 Å². The second kappa shape index (κ2) is 4.46. The number of thioether (sulfide) groups is 1. The maximum atomic E-state index is 12.9. The second-order valence-corrected chi connectivity index (χ2v) is 3.79. The minimum Gasteiger partial charge on any atom is -0.481 e. The summed E-state index contributed by atoms with van der Waals surface area (Å²) in [5, 5.41) is 8.81. The van der Waals surface area contributed by atoms with Crippen molar-refractivity contribution >= 4 is 17.7 Å². The van der Waals surface area contributed by atoms with Crippen LogP contribution in [0, 0.1) is 5.82 Å². The molecule has 1 aromatic carbocycles. The molecule has 1 aromatic rings. The van der Waals surface area contributed by atoms with Gasteiger partial charge in [-0.3, -0.25) is 4.79 Å². The van der Waals surface area contributed by atoms with E-state index in [1.54, 1.807) is 13.0 Å². The van der Waals surface area contributed by atoms with E-state index in [4.69, 9.17) is 5.11 Å². The van der Waals surface area contributed by atoms with Gasteiger partial charge >= 0.3 is 5.97 Å². The van der Waals surface area contributed by atoms with Crippen LogP contribution in [0.1, 0.15) is 18.4 Å². The molecule has 1 N–H and O–H groups in total. The van der Waals surface area contributed by atoms with Gasteiger partial charge in [0.05, 0.1) is 5.92 Å². The largest absolute Gasteiger partial charge is 0.481 e. The minimum atomic E-state index is -0.939. The molecule has 76 valence electrons. The Hall–Kier alpha value is -1.03. The lowest BCUT2D eigenvalue weighted by molar-refractivity contribution is -0.138. The molecule has 0 amide bonds. The van der Waals surface area contributed by atoms with Gasteiger partial charge in [-0.05, 0) is 36.9 Å². The van der Waals surface area contributed by atoms with E-state index in [9.17, 15) is 9.18 Å². The van der Waals surface area contributed by atoms with Gasteiger partial charge in [0.25, 0.3) is 0 Å². The number of hydrogen-bond donors (Lipinski definition) is 1. The number of carboxylic acids is 1. The van der Waals surface area contributed by atoms with Gasteiger partial charge in [0.1, 0.15) is 5.82 Å². The molecule has 1 rings (SSSR count). The van der Waals surface area contributed by atoms with Crippen molar-refractivity contribution in [2.24, 2.45) is 0 Å². The summed E-state index contributed by atoms with van der Waals surface area (Å²) < 4.78 is 12.9. The molecule has 0 spiro atoms. The van der Waals surface area contributed by atoms with Gasteiger partial charge in [-0.2, -0.15) is 0 Å². The molecule has 0 saturated heterocycles. The first-order valence-electron chi connectivity index (χ1n) is 4.12. The standard InChI is InChI=1S/C10H11FO2S/c1-6(10(12)13)8-5-7(11)3-4-9(8)14-2/h3-6H,1-2H3,(H,12,13). The summed E-state index contributed by atoms with van der Waals surface area (Å²) in [5.41, 5.74) is 0.532. The zero-order valence-corrected chi connectivity index (χ0v) is 8.77. The third kappa shape index (κ3) is 2.26. The molecule has 0 aliphatic heterocycles. The van der Waals surface area contributed by atoms with Crippen molar-refractivity contribution in [3.63, 3.8) is 0 Å². The first kappa shape index (κ1) is 11.0. The van der Waals surface area contributed by atoms with Gasteiger partial charge in [0.2, 0.25) is 0 Å². The minimum absolute atomic E-state index is 0.397. The molecule has 0 aromatic heterocycles. The number of rotatable bonds is 3. The molecule has 0 aliphatic rings. The van der Waals surface area contributed by atoms with E-state index < -0.39 is 17.7 Å². The maximum Gasteiger partial charge on any atom is 0.310 e. The lowest BCUT2D eigenvalue weighted by atomic mass is 10.0. The van der Waals surface area contributed by atoms with Crippen molar-refractivity contribution in [2.75, 3.05) is 6.26 Å². The summed E-state index contributed by atoms with van der Waals surface area (Å²) in [4.78, 5) is 11.6. The molecular weight excluding hydrogens is 203 g/mol. The molecule has 0 radical (unpaired) electrons. The summed E-state index contributed by atoms with van der Waals surface area (Å²) in [5.74, 6) is -2.01. The Morgan fingerprint density at radius 1 is 1.57 bits per heavy atom. The number of carbonyl (C=O) groups is 1. The van der Waals surface area contributed by atoms with Crippen LogP contribution in [-0.2, 0) is 4.79 Å². The van der Waals surface area contributed by atoms with Crippen LogP contribution in [0.3, 0.4) is 0 Å². The molecule has 14 heavy (non-hydrogen) atoms. The molecule has 0 saturated carbocycles. The summed E-state index contributed by atoms with van der Waals surface area (Å²) in [7, 11) is 0. The van der Waals surface area contributed by atoms with Gasteiger partial charge in [-0.25, -0.2) is 4.39 Å². The fraction of sp³-hybridized carbons (Fsp3) is 0.300. The summed E-state index contributed by atoms with van der Waals surface area (Å²) in [6.07, 6.45) is 1.84. The highest BCUT2D eigenvalue weighted by atomic mass is 32.2. The van der Waals surface area contributed by atoms with E-state index in [0.717, 1.165) is 4.90 Å². The normalized spacial score (nSPS) is 12.5. The van der Waals surface area contributed by atoms with Crippen molar-refractivity contribution in [3.8, 4) is 0 Å². The lowest BCUT2D eigenvalue weighted by Gasteiger charge is -2.11. The van der Waals surface area contributed by atoms with Crippen molar-refractivity contribution in [1.82, 2.24) is 0 Å². The third-order valence-electron chi connectivity index (χ3n) is 2.03. The van der Waals surface area contributed by atoms with Crippen LogP contribution in [0.2, 0.25) is 0 Å². The number of halogens is 1. The predicted molar refractivity (Wildman–Crippen MR) is 54.2 cm³/mol. The fourth-order valence-corrected chi connectivity index (χ4v) is 1.85. The zero-order valence-electron chi connectivity index (χ0n) is 7.95. The molecule has 1 unspecified atom stereocenters. The summed E-state index contributed by atoms with van der Waals surface area (Å²) in [6.45, 7) is 1.55. The molecule has 0 aliphatic carbocycles. The Bertz CT molecular complexity index is 352. The molecular formula is C10H11FO2S. The monoisotopic (exact) mass is 214 g/mol. The Balaban J connectivity index is 3.16. The van der Waals surface area contributed by atoms with E-state index in [1.807, 2.05) is 6.26 Å². The Kier molecular flexibility index (Phi) is 3.52. The number of aliphatic carboxylic acids is 1. The van der Waals surface area contributed by atoms with E-state index in [-0.39, 0.29) is 0 Å². The smallest absolute Gasteiger partial charge is 0.310 e. The Morgan fingerprint density at radius 3 is 2.71 bits per heavy atom. The van der Waals surface area contributed by atoms with Crippen LogP contribution in [0.15, 0.2) is 23.1 Å². The topological polar surface area (TPSA) is 37.3 Å². The highest BCUT2D eigenvalue weighted by Gasteiger charge is 2.17. The van der Waals surface area contributed by atoms with Crippen LogP contribution in [-0.4, -0.2) is 17.3 Å². The quantitative estimate of drug-likeness (QED) is 0.786. The summed E-state index contributed by atoms with van der Waals surface area (Å²) >= 11 is 1.42. The van der Waals surface area contributed by atoms with Gasteiger partial charge in [0, 0.05) is 4.90 Å². The molecule has 0 heterocycles. The summed E-state index contributed by atoms with van der Waals surface area (Å²) in [6, 6.07) is 4.23. The number of carboxylic acid groups (broad SMARTS) is 1. The lowest BCUT2D eigenvalue weighted by Crippen LogP contribution is -2.08. The van der Waals surface area contributed by atoms with Crippen molar-refractivity contribution in [2.45, 2.75) is 17.7 Å². The molecule has 0 bridgehead atoms. The Labute approximate surface area is 86.1 Å². The average Bonchev–Trinajstić information content (AvgIpc) is 2.16. The number of hydrogen-bond acceptors (Lipinski definition) is 2. The first-order chi connectivity index (χ1) is 6.56. The second-order valence-electron chi connectivity index (χ2n) is 2.95. The van der Waals surface area contributed by atoms with Gasteiger partial charge in [-0.1, -0.05) is 0 Å². The van der Waals surface area contributed by atoms with Crippen molar-refractivity contribution in [3.05, 3.63) is 29.6 Å². The SMILES string of the molecule is CSc1ccc(F)cc1C(C)C(=O)O. The predicted octanol–water partition coefficient (Wildman–Crippen LogP) is 2.74. The van der Waals surface area contributed by atoms with Crippen molar-refractivity contribution < 1.29 is 14.3 Å². The Morgan fingerprint density at radius 2 is 2.21 bits per heavy atom. The van der Waals surface area contributed by atoms with Crippen LogP contribution in [0.5, 0.6) is 0 Å². The molecule has 1 atom stereocenters. The first-order valence-corrected chi connectivity index (χ1v) is 5.35. The van der Waals surface area contributed by atoms with E-state index in [0.29, 0.717) is 5.56 Å². The van der Waals surface area contributed by atoms with E-state index >= 15 is 0 Å². The van der Waals surface area contributed by atoms with Crippen molar-refractivity contribution in [1.29, 1.82) is 0 Å². The molecule has 2 nitrogen and oxygen atoms in total. The van der Waals surface area contributed by atoms with E-state index in [1.165, 1.54) is 23.9 Å².